The van der Waals surface area contributed by atoms with Crippen LogP contribution in [0, 0.1) is 6.92 Å². The lowest BCUT2D eigenvalue weighted by Crippen LogP contribution is -1.66. The fraction of sp³-hybridized carbons (Fsp3) is 0.125. The molecule has 0 N–H and O–H groups in total. The lowest BCUT2D eigenvalue weighted by Gasteiger charge is -1.81. The van der Waals surface area contributed by atoms with Crippen molar-refractivity contribution >= 4 is 11.1 Å². The van der Waals surface area contributed by atoms with Crippen molar-refractivity contribution in [1.82, 2.24) is 4.98 Å². The summed E-state index contributed by atoms with van der Waals surface area (Å²) >= 11 is 0. The van der Waals surface area contributed by atoms with Crippen molar-refractivity contribution in [3.8, 4) is 0 Å². The Bertz CT molecular complexity index is 318. The fourth-order valence-corrected chi connectivity index (χ4v) is 0.993. The summed E-state index contributed by atoms with van der Waals surface area (Å²) < 4.78 is 5.31. The summed E-state index contributed by atoms with van der Waals surface area (Å²) in [7, 11) is 0. The third-order valence-corrected chi connectivity index (χ3v) is 1.41. The van der Waals surface area contributed by atoms with Gasteiger partial charge in [-0.05, 0) is 19.1 Å². The lowest BCUT2D eigenvalue weighted by atomic mass is 10.4. The largest absolute Gasteiger partial charge is 0.460 e. The maximum atomic E-state index is 5.31. The zero-order valence-electron chi connectivity index (χ0n) is 5.66. The molecule has 2 heteroatoms. The van der Waals surface area contributed by atoms with Gasteiger partial charge in [-0.25, -0.2) is 0 Å². The highest BCUT2D eigenvalue weighted by molar-refractivity contribution is 5.72. The Balaban J connectivity index is 2.88. The van der Waals surface area contributed by atoms with Crippen molar-refractivity contribution in [2.75, 3.05) is 0 Å². The average molecular weight is 133 g/mol. The number of hydrogen-bond donors (Lipinski definition) is 0. The highest BCUT2D eigenvalue weighted by atomic mass is 16.3. The Morgan fingerprint density at radius 3 is 3.20 bits per heavy atom. The molecular weight excluding hydrogens is 126 g/mol. The zero-order chi connectivity index (χ0) is 6.97. The average Bonchev–Trinajstić information content (AvgIpc) is 2.27. The topological polar surface area (TPSA) is 26.0 Å². The number of fused-ring (bicyclic) bond motifs is 1. The summed E-state index contributed by atoms with van der Waals surface area (Å²) in [6.45, 7) is 1.92. The number of rotatable bonds is 0. The van der Waals surface area contributed by atoms with Crippen LogP contribution in [0.25, 0.3) is 11.1 Å². The van der Waals surface area contributed by atoms with Gasteiger partial charge in [0.15, 0.2) is 5.58 Å². The molecule has 0 saturated heterocycles. The molecule has 0 spiro atoms. The molecule has 0 aliphatic heterocycles. The smallest absolute Gasteiger partial charge is 0.152 e. The van der Waals surface area contributed by atoms with Crippen molar-refractivity contribution in [3.63, 3.8) is 0 Å². The van der Waals surface area contributed by atoms with Gasteiger partial charge in [0.1, 0.15) is 11.3 Å². The molecule has 0 aromatic carbocycles. The number of pyridine rings is 1. The van der Waals surface area contributed by atoms with E-state index in [-0.39, 0.29) is 0 Å². The van der Waals surface area contributed by atoms with E-state index in [9.17, 15) is 0 Å². The molecule has 10 heavy (non-hydrogen) atoms. The van der Waals surface area contributed by atoms with Crippen LogP contribution in [0.1, 0.15) is 5.76 Å². The Kier molecular flexibility index (Phi) is 1.01. The number of aryl methyl sites for hydroxylation is 1. The molecule has 2 aromatic heterocycles. The number of nitrogens with zero attached hydrogens (tertiary/aromatic N) is 1. The van der Waals surface area contributed by atoms with E-state index < -0.39 is 0 Å². The van der Waals surface area contributed by atoms with Crippen LogP contribution in [-0.4, -0.2) is 4.98 Å². The van der Waals surface area contributed by atoms with Crippen molar-refractivity contribution < 1.29 is 4.42 Å². The Labute approximate surface area is 58.5 Å². The van der Waals surface area contributed by atoms with Crippen molar-refractivity contribution in [2.45, 2.75) is 6.92 Å². The van der Waals surface area contributed by atoms with Gasteiger partial charge in [0.25, 0.3) is 0 Å². The van der Waals surface area contributed by atoms with E-state index >= 15 is 0 Å². The Hall–Kier alpha value is -1.31. The van der Waals surface area contributed by atoms with Gasteiger partial charge in [-0.15, -0.1) is 0 Å². The molecule has 0 saturated carbocycles. The SMILES string of the molecule is Cc1cc2ncccc2o1. The molecule has 2 rings (SSSR count). The second-order valence-electron chi connectivity index (χ2n) is 2.24. The highest BCUT2D eigenvalue weighted by Gasteiger charge is 1.96. The number of aromatic nitrogens is 1. The molecule has 0 unspecified atom stereocenters. The molecule has 0 bridgehead atoms. The maximum Gasteiger partial charge on any atom is 0.152 e. The molecule has 0 amide bonds. The number of hydrogen-bond acceptors (Lipinski definition) is 2. The van der Waals surface area contributed by atoms with Gasteiger partial charge in [0.05, 0.1) is 0 Å². The normalized spacial score (nSPS) is 10.5. The van der Waals surface area contributed by atoms with Crippen LogP contribution in [-0.2, 0) is 0 Å². The van der Waals surface area contributed by atoms with Gasteiger partial charge < -0.3 is 4.42 Å². The first kappa shape index (κ1) is 5.47. The second kappa shape index (κ2) is 1.84. The van der Waals surface area contributed by atoms with Gasteiger partial charge >= 0.3 is 0 Å². The summed E-state index contributed by atoms with van der Waals surface area (Å²) in [5, 5.41) is 0. The van der Waals surface area contributed by atoms with Gasteiger partial charge in [-0.1, -0.05) is 0 Å². The van der Waals surface area contributed by atoms with Crippen LogP contribution in [0.15, 0.2) is 28.8 Å². The van der Waals surface area contributed by atoms with Crippen LogP contribution in [0.5, 0.6) is 0 Å². The monoisotopic (exact) mass is 133 g/mol. The third-order valence-electron chi connectivity index (χ3n) is 1.41. The third kappa shape index (κ3) is 0.692. The van der Waals surface area contributed by atoms with Crippen LogP contribution in [0.2, 0.25) is 0 Å². The summed E-state index contributed by atoms with van der Waals surface area (Å²) in [6, 6.07) is 5.70. The minimum atomic E-state index is 0.861. The van der Waals surface area contributed by atoms with Crippen LogP contribution in [0.4, 0.5) is 0 Å². The summed E-state index contributed by atoms with van der Waals surface area (Å²) in [5.41, 5.74) is 1.79. The van der Waals surface area contributed by atoms with Crippen molar-refractivity contribution in [2.24, 2.45) is 0 Å². The van der Waals surface area contributed by atoms with E-state index in [0.29, 0.717) is 0 Å². The molecule has 2 nitrogen and oxygen atoms in total. The van der Waals surface area contributed by atoms with Crippen molar-refractivity contribution in [3.05, 3.63) is 30.2 Å². The molecule has 2 aromatic rings. The van der Waals surface area contributed by atoms with E-state index in [1.54, 1.807) is 6.20 Å². The number of furan rings is 1. The van der Waals surface area contributed by atoms with Gasteiger partial charge in [-0.3, -0.25) is 4.98 Å². The molecule has 0 atom stereocenters. The first-order valence-corrected chi connectivity index (χ1v) is 3.17. The quantitative estimate of drug-likeness (QED) is 0.550. The van der Waals surface area contributed by atoms with E-state index in [4.69, 9.17) is 4.42 Å². The predicted molar refractivity (Wildman–Crippen MR) is 38.7 cm³/mol. The lowest BCUT2D eigenvalue weighted by molar-refractivity contribution is 0.578. The van der Waals surface area contributed by atoms with Gasteiger partial charge in [-0.2, -0.15) is 0 Å². The molecule has 2 heterocycles. The van der Waals surface area contributed by atoms with E-state index in [0.717, 1.165) is 16.9 Å². The standard InChI is InChI=1S/C8H7NO/c1-6-5-7-8(10-6)3-2-4-9-7/h2-5H,1H3. The molecule has 0 aliphatic carbocycles. The first-order valence-electron chi connectivity index (χ1n) is 3.17. The molecule has 0 radical (unpaired) electrons. The van der Waals surface area contributed by atoms with E-state index in [1.807, 2.05) is 25.1 Å². The van der Waals surface area contributed by atoms with E-state index in [1.165, 1.54) is 0 Å². The minimum Gasteiger partial charge on any atom is -0.460 e. The molecular formula is C8H7NO. The summed E-state index contributed by atoms with van der Waals surface area (Å²) in [4.78, 5) is 4.11. The predicted octanol–water partition coefficient (Wildman–Crippen LogP) is 2.14. The van der Waals surface area contributed by atoms with Crippen LogP contribution >= 0.6 is 0 Å². The van der Waals surface area contributed by atoms with Crippen molar-refractivity contribution in [1.29, 1.82) is 0 Å². The summed E-state index contributed by atoms with van der Waals surface area (Å²) in [5.74, 6) is 0.911. The first-order chi connectivity index (χ1) is 4.86. The minimum absolute atomic E-state index is 0.861. The van der Waals surface area contributed by atoms with E-state index in [2.05, 4.69) is 4.98 Å². The molecule has 0 aliphatic rings. The Morgan fingerprint density at radius 1 is 1.50 bits per heavy atom. The molecule has 50 valence electrons. The maximum absolute atomic E-state index is 5.31. The Morgan fingerprint density at radius 2 is 2.40 bits per heavy atom. The fourth-order valence-electron chi connectivity index (χ4n) is 0.993. The highest BCUT2D eigenvalue weighted by Crippen LogP contribution is 2.14. The van der Waals surface area contributed by atoms with Gasteiger partial charge in [0, 0.05) is 12.3 Å². The molecule has 0 fully saturated rings. The zero-order valence-corrected chi connectivity index (χ0v) is 5.66. The van der Waals surface area contributed by atoms with Crippen LogP contribution in [0.3, 0.4) is 0 Å². The van der Waals surface area contributed by atoms with Gasteiger partial charge in [0.2, 0.25) is 0 Å². The second-order valence-corrected chi connectivity index (χ2v) is 2.24. The van der Waals surface area contributed by atoms with Crippen LogP contribution < -0.4 is 0 Å². The summed E-state index contributed by atoms with van der Waals surface area (Å²) in [6.07, 6.45) is 1.76.